The maximum atomic E-state index is 3.74. The van der Waals surface area contributed by atoms with Crippen molar-refractivity contribution in [3.63, 3.8) is 0 Å². The average molecular weight is 257 g/mol. The lowest BCUT2D eigenvalue weighted by atomic mass is 9.43. The molecule has 0 radical (unpaired) electrons. The Hall–Kier alpha value is -0.820. The van der Waals surface area contributed by atoms with Crippen LogP contribution in [-0.4, -0.2) is 12.6 Å². The topological polar surface area (TPSA) is 12.0 Å². The van der Waals surface area contributed by atoms with Gasteiger partial charge in [-0.2, -0.15) is 0 Å². The molecule has 3 unspecified atom stereocenters. The average Bonchev–Trinajstić information content (AvgIpc) is 2.35. The fraction of sp³-hybridized carbons (Fsp3) is 0.667. The highest BCUT2D eigenvalue weighted by atomic mass is 15.0. The van der Waals surface area contributed by atoms with Crippen LogP contribution in [0.15, 0.2) is 24.3 Å². The van der Waals surface area contributed by atoms with E-state index in [9.17, 15) is 0 Å². The third kappa shape index (κ3) is 1.71. The Balaban J connectivity index is 2.05. The highest BCUT2D eigenvalue weighted by Gasteiger charge is 2.60. The first-order valence-electron chi connectivity index (χ1n) is 7.72. The Bertz CT molecular complexity index is 486. The maximum Gasteiger partial charge on any atom is 0.0159 e. The maximum absolute atomic E-state index is 3.74. The smallest absolute Gasteiger partial charge is 0.0159 e. The van der Waals surface area contributed by atoms with Crippen LogP contribution >= 0.6 is 0 Å². The van der Waals surface area contributed by atoms with Crippen molar-refractivity contribution in [2.75, 3.05) is 6.54 Å². The van der Waals surface area contributed by atoms with Gasteiger partial charge in [-0.3, -0.25) is 0 Å². The Morgan fingerprint density at radius 2 is 1.84 bits per heavy atom. The summed E-state index contributed by atoms with van der Waals surface area (Å²) >= 11 is 0. The van der Waals surface area contributed by atoms with E-state index in [4.69, 9.17) is 0 Å². The second kappa shape index (κ2) is 4.09. The molecular weight excluding hydrogens is 230 g/mol. The lowest BCUT2D eigenvalue weighted by Gasteiger charge is -2.64. The zero-order chi connectivity index (χ0) is 13.8. The molecule has 0 saturated heterocycles. The van der Waals surface area contributed by atoms with Gasteiger partial charge in [-0.1, -0.05) is 58.9 Å². The van der Waals surface area contributed by atoms with Crippen LogP contribution in [0.3, 0.4) is 0 Å². The van der Waals surface area contributed by atoms with E-state index < -0.39 is 0 Å². The van der Waals surface area contributed by atoms with Gasteiger partial charge in [0.05, 0.1) is 0 Å². The Labute approximate surface area is 117 Å². The van der Waals surface area contributed by atoms with Crippen molar-refractivity contribution in [3.05, 3.63) is 35.4 Å². The largest absolute Gasteiger partial charge is 0.313 e. The Morgan fingerprint density at radius 1 is 1.16 bits per heavy atom. The van der Waals surface area contributed by atoms with Crippen LogP contribution in [-0.2, 0) is 5.41 Å². The molecule has 2 aliphatic carbocycles. The third-order valence-corrected chi connectivity index (χ3v) is 5.65. The van der Waals surface area contributed by atoms with Crippen LogP contribution in [0, 0.1) is 11.3 Å². The fourth-order valence-corrected chi connectivity index (χ4v) is 4.96. The van der Waals surface area contributed by atoms with Crippen LogP contribution in [0.5, 0.6) is 0 Å². The normalized spacial score (nSPS) is 34.1. The predicted octanol–water partition coefficient (Wildman–Crippen LogP) is 4.09. The summed E-state index contributed by atoms with van der Waals surface area (Å²) in [7, 11) is 0. The number of benzene rings is 1. The second-order valence-electron chi connectivity index (χ2n) is 7.67. The van der Waals surface area contributed by atoms with E-state index in [-0.39, 0.29) is 0 Å². The SMILES string of the molecule is CCNC1C2CC(C)(C)c3ccccc3C2C1(C)C. The lowest BCUT2D eigenvalue weighted by molar-refractivity contribution is -0.0347. The summed E-state index contributed by atoms with van der Waals surface area (Å²) in [5, 5.41) is 3.74. The van der Waals surface area contributed by atoms with Gasteiger partial charge in [0.15, 0.2) is 0 Å². The fourth-order valence-electron chi connectivity index (χ4n) is 4.96. The van der Waals surface area contributed by atoms with E-state index in [1.54, 1.807) is 11.1 Å². The number of fused-ring (bicyclic) bond motifs is 3. The van der Waals surface area contributed by atoms with Crippen molar-refractivity contribution in [2.24, 2.45) is 11.3 Å². The molecule has 1 fully saturated rings. The third-order valence-electron chi connectivity index (χ3n) is 5.65. The minimum Gasteiger partial charge on any atom is -0.313 e. The van der Waals surface area contributed by atoms with Crippen LogP contribution in [0.2, 0.25) is 0 Å². The van der Waals surface area contributed by atoms with Gasteiger partial charge in [-0.05, 0) is 46.8 Å². The Morgan fingerprint density at radius 3 is 2.53 bits per heavy atom. The zero-order valence-corrected chi connectivity index (χ0v) is 13.0. The molecule has 0 amide bonds. The van der Waals surface area contributed by atoms with Gasteiger partial charge >= 0.3 is 0 Å². The molecule has 1 nitrogen and oxygen atoms in total. The summed E-state index contributed by atoms with van der Waals surface area (Å²) in [5.74, 6) is 1.54. The van der Waals surface area contributed by atoms with E-state index in [0.717, 1.165) is 18.4 Å². The van der Waals surface area contributed by atoms with Crippen molar-refractivity contribution in [3.8, 4) is 0 Å². The summed E-state index contributed by atoms with van der Waals surface area (Å²) in [5.41, 5.74) is 3.90. The predicted molar refractivity (Wildman–Crippen MR) is 81.6 cm³/mol. The molecule has 19 heavy (non-hydrogen) atoms. The van der Waals surface area contributed by atoms with Gasteiger partial charge in [0.25, 0.3) is 0 Å². The minimum absolute atomic E-state index is 0.321. The molecule has 1 heteroatoms. The van der Waals surface area contributed by atoms with Crippen molar-refractivity contribution in [1.29, 1.82) is 0 Å². The first-order valence-corrected chi connectivity index (χ1v) is 7.72. The van der Waals surface area contributed by atoms with Gasteiger partial charge in [-0.15, -0.1) is 0 Å². The standard InChI is InChI=1S/C18H27N/c1-6-19-16-13-11-17(2,3)14-10-8-7-9-12(14)15(13)18(16,4)5/h7-10,13,15-16,19H,6,11H2,1-5H3. The zero-order valence-electron chi connectivity index (χ0n) is 13.0. The summed E-state index contributed by atoms with van der Waals surface area (Å²) < 4.78 is 0. The molecule has 2 aliphatic rings. The van der Waals surface area contributed by atoms with Crippen LogP contribution < -0.4 is 5.32 Å². The summed E-state index contributed by atoms with van der Waals surface area (Å²) in [6.07, 6.45) is 1.32. The van der Waals surface area contributed by atoms with E-state index in [2.05, 4.69) is 64.2 Å². The molecule has 1 saturated carbocycles. The molecule has 1 aromatic rings. The van der Waals surface area contributed by atoms with E-state index in [1.807, 2.05) is 0 Å². The molecular formula is C18H27N. The molecule has 1 N–H and O–H groups in total. The molecule has 0 heterocycles. The highest BCUT2D eigenvalue weighted by Crippen LogP contribution is 2.63. The number of nitrogens with one attached hydrogen (secondary N) is 1. The van der Waals surface area contributed by atoms with Gasteiger partial charge in [0, 0.05) is 6.04 Å². The summed E-state index contributed by atoms with van der Waals surface area (Å²) in [6, 6.07) is 9.82. The first kappa shape index (κ1) is 13.2. The number of hydrogen-bond acceptors (Lipinski definition) is 1. The van der Waals surface area contributed by atoms with Gasteiger partial charge in [0.1, 0.15) is 0 Å². The van der Waals surface area contributed by atoms with Crippen molar-refractivity contribution < 1.29 is 0 Å². The van der Waals surface area contributed by atoms with Gasteiger partial charge < -0.3 is 5.32 Å². The minimum atomic E-state index is 0.321. The van der Waals surface area contributed by atoms with Crippen molar-refractivity contribution in [2.45, 2.75) is 58.4 Å². The van der Waals surface area contributed by atoms with Gasteiger partial charge in [-0.25, -0.2) is 0 Å². The Kier molecular flexibility index (Phi) is 2.83. The van der Waals surface area contributed by atoms with Crippen molar-refractivity contribution in [1.82, 2.24) is 5.32 Å². The van der Waals surface area contributed by atoms with E-state index in [0.29, 0.717) is 16.9 Å². The summed E-state index contributed by atoms with van der Waals surface area (Å²) in [4.78, 5) is 0. The molecule has 0 aliphatic heterocycles. The molecule has 0 spiro atoms. The second-order valence-corrected chi connectivity index (χ2v) is 7.67. The van der Waals surface area contributed by atoms with Crippen LogP contribution in [0.25, 0.3) is 0 Å². The van der Waals surface area contributed by atoms with Crippen LogP contribution in [0.1, 0.15) is 58.1 Å². The molecule has 3 atom stereocenters. The quantitative estimate of drug-likeness (QED) is 0.841. The molecule has 0 bridgehead atoms. The monoisotopic (exact) mass is 257 g/mol. The molecule has 3 rings (SSSR count). The molecule has 0 aromatic heterocycles. The van der Waals surface area contributed by atoms with E-state index >= 15 is 0 Å². The van der Waals surface area contributed by atoms with Crippen molar-refractivity contribution >= 4 is 0 Å². The van der Waals surface area contributed by atoms with Gasteiger partial charge in [0.2, 0.25) is 0 Å². The lowest BCUT2D eigenvalue weighted by Crippen LogP contribution is -2.65. The number of rotatable bonds is 2. The van der Waals surface area contributed by atoms with E-state index in [1.165, 1.54) is 6.42 Å². The molecule has 1 aromatic carbocycles. The molecule has 104 valence electrons. The number of hydrogen-bond donors (Lipinski definition) is 1. The van der Waals surface area contributed by atoms with Crippen LogP contribution in [0.4, 0.5) is 0 Å². The summed E-state index contributed by atoms with van der Waals surface area (Å²) in [6.45, 7) is 13.0. The highest BCUT2D eigenvalue weighted by molar-refractivity contribution is 5.44. The first-order chi connectivity index (χ1) is 8.89.